The van der Waals surface area contributed by atoms with Crippen molar-refractivity contribution < 1.29 is 24.0 Å². The van der Waals surface area contributed by atoms with E-state index in [0.717, 1.165) is 50.5 Å². The van der Waals surface area contributed by atoms with Crippen LogP contribution < -0.4 is 38.9 Å². The lowest BCUT2D eigenvalue weighted by atomic mass is 9.76. The van der Waals surface area contributed by atoms with Gasteiger partial charge < -0.3 is 43.8 Å². The van der Waals surface area contributed by atoms with E-state index in [-0.39, 0.29) is 43.0 Å². The van der Waals surface area contributed by atoms with Crippen LogP contribution in [0.1, 0.15) is 128 Å². The van der Waals surface area contributed by atoms with Crippen LogP contribution in [0.25, 0.3) is 0 Å². The summed E-state index contributed by atoms with van der Waals surface area (Å²) in [4.78, 5) is 71.5. The van der Waals surface area contributed by atoms with E-state index in [4.69, 9.17) is 22.9 Å². The molecule has 1 aromatic carbocycles. The Balaban J connectivity index is 1.48. The Bertz CT molecular complexity index is 1400. The average Bonchev–Trinajstić information content (AvgIpc) is 3.71. The lowest BCUT2D eigenvalue weighted by Crippen LogP contribution is -2.65. The first-order valence-corrected chi connectivity index (χ1v) is 21.7. The van der Waals surface area contributed by atoms with Gasteiger partial charge in [-0.05, 0) is 95.2 Å². The van der Waals surface area contributed by atoms with Crippen molar-refractivity contribution in [3.05, 3.63) is 35.9 Å². The quantitative estimate of drug-likeness (QED) is 0.0635. The second kappa shape index (κ2) is 23.2. The molecule has 1 unspecified atom stereocenters. The van der Waals surface area contributed by atoms with Gasteiger partial charge >= 0.3 is 0 Å². The maximum atomic E-state index is 14.7. The van der Waals surface area contributed by atoms with Crippen LogP contribution in [0.3, 0.4) is 0 Å². The Hall–Kier alpha value is -3.23. The number of likely N-dealkylation sites (N-methyl/N-ethyl adjacent to an activating group) is 1. The number of ketones is 2. The Kier molecular flexibility index (Phi) is 18.9. The molecule has 11 N–H and O–H groups in total. The van der Waals surface area contributed by atoms with Gasteiger partial charge in [-0.1, -0.05) is 94.5 Å². The molecule has 1 aliphatic heterocycles. The highest BCUT2D eigenvalue weighted by Gasteiger charge is 2.50. The lowest BCUT2D eigenvalue weighted by Gasteiger charge is -2.36. The van der Waals surface area contributed by atoms with Gasteiger partial charge in [0.05, 0.1) is 24.2 Å². The Morgan fingerprint density at radius 2 is 1.41 bits per heavy atom. The van der Waals surface area contributed by atoms with Crippen LogP contribution in [-0.2, 0) is 30.4 Å². The zero-order valence-corrected chi connectivity index (χ0v) is 34.0. The van der Waals surface area contributed by atoms with Crippen LogP contribution in [0.15, 0.2) is 30.3 Å². The molecule has 3 aliphatic rings. The summed E-state index contributed by atoms with van der Waals surface area (Å²) in [7, 11) is 1.71. The summed E-state index contributed by atoms with van der Waals surface area (Å²) in [5.41, 5.74) is 24.7. The number of hydrogen-bond donors (Lipinski definition) is 7. The fourth-order valence-corrected chi connectivity index (χ4v) is 9.19. The lowest BCUT2D eigenvalue weighted by molar-refractivity contribution is -0.145. The molecule has 0 radical (unpaired) electrons. The molecule has 1 aromatic rings. The number of amides is 3. The predicted molar refractivity (Wildman–Crippen MR) is 220 cm³/mol. The molecule has 2 aliphatic carbocycles. The molecule has 6 atom stereocenters. The summed E-state index contributed by atoms with van der Waals surface area (Å²) in [5, 5.41) is 8.97. The molecule has 1 heterocycles. The molecular formula is C43H72N8O5. The Labute approximate surface area is 334 Å². The molecule has 0 spiro atoms. The molecule has 3 fully saturated rings. The normalized spacial score (nSPS) is 21.4. The molecule has 13 heteroatoms. The fraction of sp³-hybridized carbons (Fsp3) is 0.744. The summed E-state index contributed by atoms with van der Waals surface area (Å²) in [6.45, 7) is 0.941. The van der Waals surface area contributed by atoms with Gasteiger partial charge in [-0.3, -0.25) is 24.0 Å². The van der Waals surface area contributed by atoms with Crippen molar-refractivity contribution in [2.24, 2.45) is 34.8 Å². The Morgan fingerprint density at radius 3 is 2.02 bits per heavy atom. The van der Waals surface area contributed by atoms with Crippen molar-refractivity contribution in [2.75, 3.05) is 26.7 Å². The van der Waals surface area contributed by atoms with E-state index >= 15 is 0 Å². The highest BCUT2D eigenvalue weighted by atomic mass is 16.2. The van der Waals surface area contributed by atoms with Crippen molar-refractivity contribution >= 4 is 29.3 Å². The van der Waals surface area contributed by atoms with Crippen LogP contribution in [0.2, 0.25) is 0 Å². The van der Waals surface area contributed by atoms with Gasteiger partial charge in [0.15, 0.2) is 11.6 Å². The predicted octanol–water partition coefficient (Wildman–Crippen LogP) is 2.75. The monoisotopic (exact) mass is 781 g/mol. The van der Waals surface area contributed by atoms with E-state index in [0.29, 0.717) is 70.4 Å². The van der Waals surface area contributed by atoms with Gasteiger partial charge in [-0.25, -0.2) is 0 Å². The van der Waals surface area contributed by atoms with E-state index in [2.05, 4.69) is 16.0 Å². The molecule has 56 heavy (non-hydrogen) atoms. The van der Waals surface area contributed by atoms with E-state index in [1.807, 2.05) is 30.3 Å². The molecule has 0 aromatic heterocycles. The zero-order chi connectivity index (χ0) is 40.5. The maximum absolute atomic E-state index is 14.7. The van der Waals surface area contributed by atoms with Gasteiger partial charge in [0.1, 0.15) is 11.6 Å². The minimum Gasteiger partial charge on any atom is -0.355 e. The fourth-order valence-electron chi connectivity index (χ4n) is 9.19. The summed E-state index contributed by atoms with van der Waals surface area (Å²) in [6.07, 6.45) is 15.3. The van der Waals surface area contributed by atoms with Crippen LogP contribution in [0.4, 0.5) is 0 Å². The number of nitrogens with one attached hydrogen (secondary N) is 3. The smallest absolute Gasteiger partial charge is 0.245 e. The second-order valence-electron chi connectivity index (χ2n) is 16.9. The van der Waals surface area contributed by atoms with Gasteiger partial charge in [-0.15, -0.1) is 0 Å². The third kappa shape index (κ3) is 13.2. The van der Waals surface area contributed by atoms with Crippen LogP contribution >= 0.6 is 0 Å². The minimum atomic E-state index is -1.96. The van der Waals surface area contributed by atoms with Crippen molar-refractivity contribution in [1.82, 2.24) is 20.9 Å². The van der Waals surface area contributed by atoms with Gasteiger partial charge in [-0.2, -0.15) is 0 Å². The average molecular weight is 781 g/mol. The number of Topliss-reactive ketones (excluding diaryl/α,β-unsaturated/α-hetero) is 2. The van der Waals surface area contributed by atoms with Crippen molar-refractivity contribution in [2.45, 2.75) is 164 Å². The summed E-state index contributed by atoms with van der Waals surface area (Å²) < 4.78 is 0. The number of carbonyl (C=O) groups is 5. The number of nitrogens with zero attached hydrogens (tertiary/aromatic N) is 1. The molecule has 3 amide bonds. The number of hydrogen-bond acceptors (Lipinski definition) is 10. The van der Waals surface area contributed by atoms with Crippen LogP contribution in [0.5, 0.6) is 0 Å². The number of carbonyl (C=O) groups excluding carboxylic acids is 5. The third-order valence-electron chi connectivity index (χ3n) is 12.6. The standard InChI is InChI=1S/C43H72N8O5/c1-48-36(29-32-19-9-4-10-20-32)41(55)50-35(21-11-12-24-44)42(56)51-26-13-22-37(51)39(53)43(47,38(52)33(45)27-30-15-5-2-6-16-30)23-14-25-49-40(54)34(46)28-31-17-7-3-8-18-31/h4,9-10,19-20,30-31,33-37,48H,2-3,5-8,11-18,21-29,44-47H2,1H3,(H,49,54)(H,50,55)/t33-,34+,35+,36+,37+,43?/m1/s1. The maximum Gasteiger partial charge on any atom is 0.245 e. The molecular weight excluding hydrogens is 709 g/mol. The van der Waals surface area contributed by atoms with Crippen molar-refractivity contribution in [1.29, 1.82) is 0 Å². The minimum absolute atomic E-state index is 0.0281. The van der Waals surface area contributed by atoms with Crippen LogP contribution in [-0.4, -0.2) is 96.6 Å². The first kappa shape index (κ1) is 45.5. The van der Waals surface area contributed by atoms with E-state index in [1.54, 1.807) is 7.05 Å². The summed E-state index contributed by atoms with van der Waals surface area (Å²) >= 11 is 0. The topological polar surface area (TPSA) is 229 Å². The number of unbranched alkanes of at least 4 members (excludes halogenated alkanes) is 1. The van der Waals surface area contributed by atoms with E-state index < -0.39 is 47.3 Å². The second-order valence-corrected chi connectivity index (χ2v) is 16.9. The molecule has 4 rings (SSSR count). The van der Waals surface area contributed by atoms with E-state index in [1.165, 1.54) is 24.2 Å². The largest absolute Gasteiger partial charge is 0.355 e. The molecule has 0 bridgehead atoms. The number of benzene rings is 1. The summed E-state index contributed by atoms with van der Waals surface area (Å²) in [6, 6.07) is 5.68. The third-order valence-corrected chi connectivity index (χ3v) is 12.6. The van der Waals surface area contributed by atoms with Gasteiger partial charge in [0.25, 0.3) is 0 Å². The first-order chi connectivity index (χ1) is 27.0. The number of nitrogens with two attached hydrogens (primary N) is 4. The Morgan fingerprint density at radius 1 is 0.786 bits per heavy atom. The summed E-state index contributed by atoms with van der Waals surface area (Å²) in [5.74, 6) is -1.24. The molecule has 2 saturated carbocycles. The van der Waals surface area contributed by atoms with Gasteiger partial charge in [0, 0.05) is 13.1 Å². The van der Waals surface area contributed by atoms with Crippen LogP contribution in [0, 0.1) is 11.8 Å². The first-order valence-electron chi connectivity index (χ1n) is 21.7. The zero-order valence-electron chi connectivity index (χ0n) is 34.0. The molecule has 13 nitrogen and oxygen atoms in total. The highest BCUT2D eigenvalue weighted by Crippen LogP contribution is 2.31. The number of likely N-dealkylation sites (tertiary alicyclic amines) is 1. The molecule has 1 saturated heterocycles. The van der Waals surface area contributed by atoms with E-state index in [9.17, 15) is 24.0 Å². The molecule has 314 valence electrons. The SMILES string of the molecule is CN[C@@H](Cc1ccccc1)C(=O)N[C@@H](CCCCN)C(=O)N1CCC[C@H]1C(=O)C(N)(CCCNC(=O)[C@@H](N)CC1CCCCC1)C(=O)[C@H](N)CC1CCCCC1. The van der Waals surface area contributed by atoms with Crippen molar-refractivity contribution in [3.63, 3.8) is 0 Å². The van der Waals surface area contributed by atoms with Gasteiger partial charge in [0.2, 0.25) is 17.7 Å². The number of rotatable bonds is 23. The highest BCUT2D eigenvalue weighted by molar-refractivity contribution is 6.15. The van der Waals surface area contributed by atoms with Crippen molar-refractivity contribution in [3.8, 4) is 0 Å².